The van der Waals surface area contributed by atoms with Gasteiger partial charge >= 0.3 is 6.09 Å². The number of hydrogen-bond acceptors (Lipinski definition) is 7. The molecule has 0 aromatic heterocycles. The molecule has 0 bridgehead atoms. The number of aryl methyl sites for hydroxylation is 2. The van der Waals surface area contributed by atoms with Crippen LogP contribution < -0.4 is 15.1 Å². The third-order valence-electron chi connectivity index (χ3n) is 13.3. The predicted molar refractivity (Wildman–Crippen MR) is 219 cm³/mol. The summed E-state index contributed by atoms with van der Waals surface area (Å²) >= 11 is 0. The molecule has 6 fully saturated rings. The highest BCUT2D eigenvalue weighted by Crippen LogP contribution is 2.41. The molecule has 0 atom stereocenters. The Morgan fingerprint density at radius 3 is 1.51 bits per heavy atom. The van der Waals surface area contributed by atoms with E-state index in [0.29, 0.717) is 5.54 Å². The van der Waals surface area contributed by atoms with Crippen LogP contribution in [0.2, 0.25) is 0 Å². The minimum atomic E-state index is -0.427. The van der Waals surface area contributed by atoms with Gasteiger partial charge < -0.3 is 24.8 Å². The molecule has 53 heavy (non-hydrogen) atoms. The first-order valence-corrected chi connectivity index (χ1v) is 21.4. The molecule has 1 amide bonds. The SMILES string of the molecule is Cc1cc(CN2CCCC23CCN(C(=O)OC(C)(C)C)CC3)cc(N2CCCC2)c1.Cc1cc(CN2CCCC23CCNCC3)cc(N2CCCC2)c1. The van der Waals surface area contributed by atoms with Crippen LogP contribution in [-0.2, 0) is 17.8 Å². The third kappa shape index (κ3) is 9.36. The van der Waals surface area contributed by atoms with Crippen molar-refractivity contribution in [2.24, 2.45) is 0 Å². The van der Waals surface area contributed by atoms with Gasteiger partial charge in [-0.25, -0.2) is 4.79 Å². The highest BCUT2D eigenvalue weighted by molar-refractivity contribution is 5.68. The van der Waals surface area contributed by atoms with E-state index >= 15 is 0 Å². The Kier molecular flexibility index (Phi) is 12.0. The van der Waals surface area contributed by atoms with Crippen molar-refractivity contribution in [2.75, 3.05) is 75.2 Å². The van der Waals surface area contributed by atoms with E-state index in [4.69, 9.17) is 4.74 Å². The van der Waals surface area contributed by atoms with Crippen molar-refractivity contribution in [3.63, 3.8) is 0 Å². The van der Waals surface area contributed by atoms with E-state index in [1.54, 1.807) is 0 Å². The van der Waals surface area contributed by atoms with Crippen LogP contribution in [0.3, 0.4) is 0 Å². The molecule has 8 heteroatoms. The zero-order chi connectivity index (χ0) is 37.1. The van der Waals surface area contributed by atoms with Crippen molar-refractivity contribution in [3.8, 4) is 0 Å². The average molecular weight is 727 g/mol. The molecular weight excluding hydrogens is 657 g/mol. The summed E-state index contributed by atoms with van der Waals surface area (Å²) in [6.45, 7) is 23.8. The summed E-state index contributed by atoms with van der Waals surface area (Å²) in [6.07, 6.45) is 15.2. The maximum Gasteiger partial charge on any atom is 0.410 e. The third-order valence-corrected chi connectivity index (χ3v) is 13.3. The standard InChI is InChI=1S/C25H39N3O2.C20H31N3/c1-20-16-21(18-22(17-20)26-11-5-6-12-26)19-28-13-7-8-25(28)9-14-27(15-10-25)23(29)30-24(2,3)4;1-17-13-18(15-19(14-17)22-10-2-3-11-22)16-23-12-4-5-20(23)6-8-21-9-7-20/h16-18H,5-15,19H2,1-4H3;13-15,21H,2-12,16H2,1H3. The van der Waals surface area contributed by atoms with Gasteiger partial charge in [0.1, 0.15) is 5.60 Å². The summed E-state index contributed by atoms with van der Waals surface area (Å²) in [5.41, 5.74) is 8.90. The van der Waals surface area contributed by atoms with Gasteiger partial charge in [0.15, 0.2) is 0 Å². The Bertz CT molecular complexity index is 1530. The summed E-state index contributed by atoms with van der Waals surface area (Å²) in [4.78, 5) is 25.0. The lowest BCUT2D eigenvalue weighted by Crippen LogP contribution is -2.53. The van der Waals surface area contributed by atoms with E-state index in [0.717, 1.165) is 39.0 Å². The number of carbonyl (C=O) groups excluding carboxylic acids is 1. The first-order valence-electron chi connectivity index (χ1n) is 21.4. The van der Waals surface area contributed by atoms with Crippen LogP contribution in [0.4, 0.5) is 16.2 Å². The van der Waals surface area contributed by atoms with Crippen LogP contribution in [0, 0.1) is 13.8 Å². The highest BCUT2D eigenvalue weighted by Gasteiger charge is 2.44. The average Bonchev–Trinajstić information content (AvgIpc) is 3.96. The molecule has 0 saturated carbocycles. The van der Waals surface area contributed by atoms with Gasteiger partial charge in [0.2, 0.25) is 0 Å². The van der Waals surface area contributed by atoms with Gasteiger partial charge in [-0.2, -0.15) is 0 Å². The number of likely N-dealkylation sites (tertiary alicyclic amines) is 3. The fourth-order valence-electron chi connectivity index (χ4n) is 10.6. The predicted octanol–water partition coefficient (Wildman–Crippen LogP) is 8.27. The van der Waals surface area contributed by atoms with Crippen molar-refractivity contribution in [1.29, 1.82) is 0 Å². The Balaban J connectivity index is 0.000000170. The topological polar surface area (TPSA) is 54.5 Å². The number of benzene rings is 2. The van der Waals surface area contributed by atoms with Gasteiger partial charge in [-0.1, -0.05) is 12.1 Å². The number of piperidine rings is 2. The molecule has 2 aromatic carbocycles. The Hall–Kier alpha value is -2.81. The lowest BCUT2D eigenvalue weighted by atomic mass is 9.85. The number of anilines is 2. The summed E-state index contributed by atoms with van der Waals surface area (Å²) in [6, 6.07) is 14.4. The lowest BCUT2D eigenvalue weighted by Gasteiger charge is -2.45. The number of rotatable bonds is 6. The number of nitrogens with one attached hydrogen (secondary N) is 1. The zero-order valence-corrected chi connectivity index (χ0v) is 34.0. The molecule has 6 aliphatic rings. The number of ether oxygens (including phenoxy) is 1. The fraction of sp³-hybridized carbons (Fsp3) is 0.711. The van der Waals surface area contributed by atoms with Crippen LogP contribution >= 0.6 is 0 Å². The molecule has 6 aliphatic heterocycles. The maximum absolute atomic E-state index is 12.5. The number of hydrogen-bond donors (Lipinski definition) is 1. The summed E-state index contributed by atoms with van der Waals surface area (Å²) in [7, 11) is 0. The molecule has 292 valence electrons. The maximum atomic E-state index is 12.5. The lowest BCUT2D eigenvalue weighted by molar-refractivity contribution is 0.00164. The summed E-state index contributed by atoms with van der Waals surface area (Å²) in [5.74, 6) is 0. The van der Waals surface area contributed by atoms with Crippen molar-refractivity contribution in [3.05, 3.63) is 58.7 Å². The van der Waals surface area contributed by atoms with Gasteiger partial charge in [-0.05, 0) is 184 Å². The number of amides is 1. The molecule has 8 nitrogen and oxygen atoms in total. The van der Waals surface area contributed by atoms with Gasteiger partial charge in [0.25, 0.3) is 0 Å². The van der Waals surface area contributed by atoms with E-state index < -0.39 is 5.60 Å². The second-order valence-electron chi connectivity index (χ2n) is 18.5. The molecule has 8 rings (SSSR count). The highest BCUT2D eigenvalue weighted by atomic mass is 16.6. The molecule has 6 saturated heterocycles. The van der Waals surface area contributed by atoms with Gasteiger partial charge in [0.05, 0.1) is 0 Å². The van der Waals surface area contributed by atoms with Crippen LogP contribution in [0.1, 0.15) is 120 Å². The van der Waals surface area contributed by atoms with Crippen molar-refractivity contribution in [2.45, 2.75) is 141 Å². The quantitative estimate of drug-likeness (QED) is 0.322. The molecule has 2 aromatic rings. The largest absolute Gasteiger partial charge is 0.444 e. The van der Waals surface area contributed by atoms with E-state index in [9.17, 15) is 4.79 Å². The van der Waals surface area contributed by atoms with E-state index in [2.05, 4.69) is 75.2 Å². The Morgan fingerprint density at radius 1 is 0.604 bits per heavy atom. The molecule has 2 spiro atoms. The smallest absolute Gasteiger partial charge is 0.410 e. The molecular formula is C45H70N6O2. The van der Waals surface area contributed by atoms with Gasteiger partial charge in [-0.15, -0.1) is 0 Å². The minimum Gasteiger partial charge on any atom is -0.444 e. The van der Waals surface area contributed by atoms with E-state index in [1.807, 2.05) is 25.7 Å². The molecule has 0 radical (unpaired) electrons. The molecule has 0 unspecified atom stereocenters. The number of carbonyl (C=O) groups is 1. The van der Waals surface area contributed by atoms with Crippen LogP contribution in [0.25, 0.3) is 0 Å². The van der Waals surface area contributed by atoms with Crippen LogP contribution in [0.5, 0.6) is 0 Å². The van der Waals surface area contributed by atoms with E-state index in [-0.39, 0.29) is 11.6 Å². The van der Waals surface area contributed by atoms with Crippen molar-refractivity contribution < 1.29 is 9.53 Å². The monoisotopic (exact) mass is 727 g/mol. The van der Waals surface area contributed by atoms with Crippen LogP contribution in [-0.4, -0.2) is 103 Å². The first-order chi connectivity index (χ1) is 25.5. The first kappa shape index (κ1) is 38.5. The number of nitrogens with zero attached hydrogens (tertiary/aromatic N) is 5. The fourth-order valence-corrected chi connectivity index (χ4v) is 10.6. The normalized spacial score (nSPS) is 23.2. The van der Waals surface area contributed by atoms with Crippen molar-refractivity contribution >= 4 is 17.5 Å². The summed E-state index contributed by atoms with van der Waals surface area (Å²) < 4.78 is 5.59. The van der Waals surface area contributed by atoms with Gasteiger partial charge in [0, 0.05) is 74.8 Å². The molecule has 0 aliphatic carbocycles. The summed E-state index contributed by atoms with van der Waals surface area (Å²) in [5, 5.41) is 3.54. The Morgan fingerprint density at radius 2 is 1.06 bits per heavy atom. The second kappa shape index (κ2) is 16.5. The van der Waals surface area contributed by atoms with Crippen LogP contribution in [0.15, 0.2) is 36.4 Å². The second-order valence-corrected chi connectivity index (χ2v) is 18.5. The minimum absolute atomic E-state index is 0.157. The van der Waals surface area contributed by atoms with Gasteiger partial charge in [-0.3, -0.25) is 9.80 Å². The van der Waals surface area contributed by atoms with Crippen molar-refractivity contribution in [1.82, 2.24) is 20.0 Å². The van der Waals surface area contributed by atoms with E-state index in [1.165, 1.54) is 150 Å². The zero-order valence-electron chi connectivity index (χ0n) is 34.0. The molecule has 6 heterocycles. The Labute approximate surface area is 321 Å². The molecule has 1 N–H and O–H groups in total.